The molecule has 2 fully saturated rings. The van der Waals surface area contributed by atoms with Gasteiger partial charge in [-0.05, 0) is 26.2 Å². The van der Waals surface area contributed by atoms with Crippen molar-refractivity contribution in [3.8, 4) is 0 Å². The zero-order valence-electron chi connectivity index (χ0n) is 14.6. The Balaban J connectivity index is 1.54. The molecule has 0 amide bonds. The first-order valence-electron chi connectivity index (χ1n) is 8.69. The molecule has 24 heavy (non-hydrogen) atoms. The molecule has 130 valence electrons. The molecule has 2 aromatic heterocycles. The number of H-pyrrole nitrogens is 1. The van der Waals surface area contributed by atoms with Crippen LogP contribution in [-0.4, -0.2) is 54.6 Å². The third-order valence-corrected chi connectivity index (χ3v) is 5.42. The van der Waals surface area contributed by atoms with Crippen molar-refractivity contribution in [3.63, 3.8) is 0 Å². The van der Waals surface area contributed by atoms with Gasteiger partial charge in [0, 0.05) is 26.6 Å². The second-order valence-electron chi connectivity index (χ2n) is 6.98. The average molecular weight is 331 g/mol. The van der Waals surface area contributed by atoms with Gasteiger partial charge < -0.3 is 9.30 Å². The first-order chi connectivity index (χ1) is 11.7. The number of rotatable bonds is 5. The summed E-state index contributed by atoms with van der Waals surface area (Å²) >= 11 is 0. The Morgan fingerprint density at radius 1 is 1.29 bits per heavy atom. The van der Waals surface area contributed by atoms with Gasteiger partial charge in [0.25, 0.3) is 0 Å². The van der Waals surface area contributed by atoms with E-state index in [1.165, 1.54) is 19.3 Å². The highest BCUT2D eigenvalue weighted by atomic mass is 16.5. The van der Waals surface area contributed by atoms with Crippen molar-refractivity contribution in [3.05, 3.63) is 23.3 Å². The van der Waals surface area contributed by atoms with E-state index in [9.17, 15) is 0 Å². The molecule has 3 heterocycles. The fraction of sp³-hybridized carbons (Fsp3) is 0.750. The highest BCUT2D eigenvalue weighted by Crippen LogP contribution is 2.36. The van der Waals surface area contributed by atoms with E-state index < -0.39 is 0 Å². The van der Waals surface area contributed by atoms with Crippen molar-refractivity contribution < 1.29 is 4.74 Å². The molecule has 0 radical (unpaired) electrons. The summed E-state index contributed by atoms with van der Waals surface area (Å²) in [6.45, 7) is 3.53. The maximum absolute atomic E-state index is 5.59. The van der Waals surface area contributed by atoms with E-state index in [0.29, 0.717) is 5.92 Å². The zero-order valence-corrected chi connectivity index (χ0v) is 14.6. The summed E-state index contributed by atoms with van der Waals surface area (Å²) in [5.41, 5.74) is 0. The molecule has 4 rings (SSSR count). The summed E-state index contributed by atoms with van der Waals surface area (Å²) in [7, 11) is 3.85. The standard InChI is InChI=1S/C16H25N7O/c1-10-17-15(20-18-10)13-7-12(24-3)8-23(13)9-14-19-21-16(22(14)2)11-5-4-6-11/h11-13H,4-9H2,1-3H3,(H,17,18,20)/t12-,13+/m1/s1. The molecule has 0 bridgehead atoms. The largest absolute Gasteiger partial charge is 0.380 e. The molecular weight excluding hydrogens is 306 g/mol. The van der Waals surface area contributed by atoms with Gasteiger partial charge in [-0.25, -0.2) is 4.98 Å². The minimum atomic E-state index is 0.156. The van der Waals surface area contributed by atoms with E-state index in [-0.39, 0.29) is 12.1 Å². The smallest absolute Gasteiger partial charge is 0.167 e. The quantitative estimate of drug-likeness (QED) is 0.893. The van der Waals surface area contributed by atoms with Crippen LogP contribution in [0.25, 0.3) is 0 Å². The van der Waals surface area contributed by atoms with Gasteiger partial charge in [0.05, 0.1) is 18.7 Å². The zero-order chi connectivity index (χ0) is 16.7. The Hall–Kier alpha value is -1.80. The fourth-order valence-electron chi connectivity index (χ4n) is 3.70. The third kappa shape index (κ3) is 2.73. The van der Waals surface area contributed by atoms with Crippen LogP contribution in [0.4, 0.5) is 0 Å². The summed E-state index contributed by atoms with van der Waals surface area (Å²) in [5, 5.41) is 16.2. The first kappa shape index (κ1) is 15.7. The molecule has 1 saturated heterocycles. The van der Waals surface area contributed by atoms with Crippen LogP contribution < -0.4 is 0 Å². The lowest BCUT2D eigenvalue weighted by Crippen LogP contribution is -2.27. The van der Waals surface area contributed by atoms with Crippen LogP contribution in [0.15, 0.2) is 0 Å². The Morgan fingerprint density at radius 3 is 2.75 bits per heavy atom. The second kappa shape index (κ2) is 6.25. The molecule has 2 aromatic rings. The van der Waals surface area contributed by atoms with E-state index >= 15 is 0 Å². The maximum atomic E-state index is 5.59. The van der Waals surface area contributed by atoms with E-state index in [1.807, 2.05) is 6.92 Å². The molecule has 2 atom stereocenters. The van der Waals surface area contributed by atoms with Crippen LogP contribution in [0, 0.1) is 6.92 Å². The Labute approximate surface area is 141 Å². The predicted octanol–water partition coefficient (Wildman–Crippen LogP) is 1.47. The Morgan fingerprint density at radius 2 is 2.12 bits per heavy atom. The van der Waals surface area contributed by atoms with Crippen LogP contribution >= 0.6 is 0 Å². The third-order valence-electron chi connectivity index (χ3n) is 5.42. The summed E-state index contributed by atoms with van der Waals surface area (Å²) in [6, 6.07) is 0.156. The van der Waals surface area contributed by atoms with Gasteiger partial charge in [0.2, 0.25) is 0 Å². The number of hydrogen-bond acceptors (Lipinski definition) is 6. The van der Waals surface area contributed by atoms with Gasteiger partial charge in [-0.1, -0.05) is 6.42 Å². The predicted molar refractivity (Wildman–Crippen MR) is 87.3 cm³/mol. The maximum Gasteiger partial charge on any atom is 0.167 e. The molecule has 1 aliphatic carbocycles. The number of aromatic amines is 1. The van der Waals surface area contributed by atoms with Gasteiger partial charge in [-0.15, -0.1) is 10.2 Å². The van der Waals surface area contributed by atoms with Crippen LogP contribution in [0.5, 0.6) is 0 Å². The van der Waals surface area contributed by atoms with Crippen LogP contribution in [0.1, 0.15) is 60.9 Å². The summed E-state index contributed by atoms with van der Waals surface area (Å²) < 4.78 is 7.76. The van der Waals surface area contributed by atoms with Crippen molar-refractivity contribution in [2.75, 3.05) is 13.7 Å². The number of methoxy groups -OCH3 is 1. The molecule has 0 unspecified atom stereocenters. The fourth-order valence-corrected chi connectivity index (χ4v) is 3.70. The Bertz CT molecular complexity index is 705. The monoisotopic (exact) mass is 331 g/mol. The average Bonchev–Trinajstić information content (AvgIpc) is 3.20. The van der Waals surface area contributed by atoms with Crippen molar-refractivity contribution in [1.82, 2.24) is 34.8 Å². The van der Waals surface area contributed by atoms with Crippen LogP contribution in [-0.2, 0) is 18.3 Å². The number of likely N-dealkylation sites (tertiary alicyclic amines) is 1. The molecule has 2 aliphatic rings. The van der Waals surface area contributed by atoms with E-state index in [1.54, 1.807) is 7.11 Å². The number of aryl methyl sites for hydroxylation is 1. The molecular formula is C16H25N7O. The number of nitrogens with one attached hydrogen (secondary N) is 1. The lowest BCUT2D eigenvalue weighted by Gasteiger charge is -2.25. The SMILES string of the molecule is CO[C@@H]1C[C@@H](c2n[nH]c(C)n2)N(Cc2nnc(C3CCC3)n2C)C1. The van der Waals surface area contributed by atoms with Crippen molar-refractivity contribution in [2.45, 2.75) is 57.2 Å². The van der Waals surface area contributed by atoms with Gasteiger partial charge >= 0.3 is 0 Å². The first-order valence-corrected chi connectivity index (χ1v) is 8.69. The van der Waals surface area contributed by atoms with E-state index in [2.05, 4.69) is 41.9 Å². The number of nitrogens with zero attached hydrogens (tertiary/aromatic N) is 6. The molecule has 1 saturated carbocycles. The topological polar surface area (TPSA) is 84.8 Å². The van der Waals surface area contributed by atoms with Gasteiger partial charge in [-0.3, -0.25) is 10.00 Å². The molecule has 8 nitrogen and oxygen atoms in total. The summed E-state index contributed by atoms with van der Waals surface area (Å²) in [5.74, 6) is 4.41. The van der Waals surface area contributed by atoms with Gasteiger partial charge in [0.1, 0.15) is 17.5 Å². The van der Waals surface area contributed by atoms with Crippen molar-refractivity contribution in [1.29, 1.82) is 0 Å². The van der Waals surface area contributed by atoms with Gasteiger partial charge in [0.15, 0.2) is 5.82 Å². The number of hydrogen-bond donors (Lipinski definition) is 1. The highest BCUT2D eigenvalue weighted by molar-refractivity contribution is 5.07. The Kier molecular flexibility index (Phi) is 4.09. The van der Waals surface area contributed by atoms with E-state index in [0.717, 1.165) is 42.8 Å². The molecule has 0 aromatic carbocycles. The second-order valence-corrected chi connectivity index (χ2v) is 6.98. The van der Waals surface area contributed by atoms with Crippen LogP contribution in [0.2, 0.25) is 0 Å². The highest BCUT2D eigenvalue weighted by Gasteiger charge is 2.36. The molecule has 1 aliphatic heterocycles. The lowest BCUT2D eigenvalue weighted by molar-refractivity contribution is 0.106. The molecule has 1 N–H and O–H groups in total. The molecule has 8 heteroatoms. The molecule has 0 spiro atoms. The normalized spacial score (nSPS) is 25.3. The van der Waals surface area contributed by atoms with Crippen LogP contribution in [0.3, 0.4) is 0 Å². The number of ether oxygens (including phenoxy) is 1. The van der Waals surface area contributed by atoms with E-state index in [4.69, 9.17) is 4.74 Å². The summed E-state index contributed by atoms with van der Waals surface area (Å²) in [6.07, 6.45) is 4.89. The summed E-state index contributed by atoms with van der Waals surface area (Å²) in [4.78, 5) is 6.88. The van der Waals surface area contributed by atoms with Crippen molar-refractivity contribution in [2.24, 2.45) is 7.05 Å². The lowest BCUT2D eigenvalue weighted by atomic mass is 9.85. The minimum absolute atomic E-state index is 0.156. The minimum Gasteiger partial charge on any atom is -0.380 e. The van der Waals surface area contributed by atoms with Crippen molar-refractivity contribution >= 4 is 0 Å². The van der Waals surface area contributed by atoms with Gasteiger partial charge in [-0.2, -0.15) is 5.10 Å². The number of aromatic nitrogens is 6.